The van der Waals surface area contributed by atoms with Crippen molar-refractivity contribution in [2.45, 2.75) is 13.3 Å². The minimum atomic E-state index is 0. The van der Waals surface area contributed by atoms with Gasteiger partial charge < -0.3 is 10.2 Å². The maximum absolute atomic E-state index is 5.74. The lowest BCUT2D eigenvalue weighted by Gasteiger charge is -2.08. The average molecular weight is 275 g/mol. The highest BCUT2D eigenvalue weighted by Gasteiger charge is 2.11. The van der Waals surface area contributed by atoms with E-state index in [4.69, 9.17) is 10.2 Å². The molecule has 0 saturated heterocycles. The predicted molar refractivity (Wildman–Crippen MR) is 80.5 cm³/mol. The molecule has 0 bridgehead atoms. The number of nitrogen functional groups attached to an aromatic ring is 1. The SMILES string of the molecule is CCc1nc(N)ccc1-c1cccc2ccoc12.Cl. The Hall–Kier alpha value is -2.00. The quantitative estimate of drug-likeness (QED) is 0.767. The first kappa shape index (κ1) is 13.4. The second kappa shape index (κ2) is 5.33. The van der Waals surface area contributed by atoms with Crippen molar-refractivity contribution in [1.29, 1.82) is 0 Å². The fraction of sp³-hybridized carbons (Fsp3) is 0.133. The summed E-state index contributed by atoms with van der Waals surface area (Å²) in [7, 11) is 0. The topological polar surface area (TPSA) is 52.0 Å². The number of nitrogens with zero attached hydrogens (tertiary/aromatic N) is 1. The molecule has 0 aliphatic rings. The zero-order valence-corrected chi connectivity index (χ0v) is 11.4. The van der Waals surface area contributed by atoms with E-state index in [1.165, 1.54) is 0 Å². The van der Waals surface area contributed by atoms with Gasteiger partial charge in [-0.15, -0.1) is 12.4 Å². The van der Waals surface area contributed by atoms with Gasteiger partial charge in [-0.2, -0.15) is 0 Å². The van der Waals surface area contributed by atoms with Crippen LogP contribution in [0.2, 0.25) is 0 Å². The van der Waals surface area contributed by atoms with E-state index >= 15 is 0 Å². The molecule has 0 aliphatic heterocycles. The van der Waals surface area contributed by atoms with Gasteiger partial charge in [0.05, 0.1) is 12.0 Å². The minimum absolute atomic E-state index is 0. The Morgan fingerprint density at radius 1 is 1.11 bits per heavy atom. The zero-order valence-electron chi connectivity index (χ0n) is 10.6. The molecule has 19 heavy (non-hydrogen) atoms. The van der Waals surface area contributed by atoms with Gasteiger partial charge in [0, 0.05) is 16.5 Å². The van der Waals surface area contributed by atoms with Crippen LogP contribution in [0.25, 0.3) is 22.1 Å². The lowest BCUT2D eigenvalue weighted by Crippen LogP contribution is -1.97. The van der Waals surface area contributed by atoms with Crippen molar-refractivity contribution in [1.82, 2.24) is 4.98 Å². The van der Waals surface area contributed by atoms with Gasteiger partial charge in [0.15, 0.2) is 0 Å². The first-order chi connectivity index (χ1) is 8.79. The van der Waals surface area contributed by atoms with Crippen LogP contribution in [0.1, 0.15) is 12.6 Å². The Balaban J connectivity index is 0.00000133. The van der Waals surface area contributed by atoms with Crippen LogP contribution in [-0.2, 0) is 6.42 Å². The van der Waals surface area contributed by atoms with E-state index in [2.05, 4.69) is 18.0 Å². The number of hydrogen-bond acceptors (Lipinski definition) is 3. The standard InChI is InChI=1S/C15H14N2O.ClH/c1-2-13-11(6-7-14(16)17-13)12-5-3-4-10-8-9-18-15(10)12;/h3-9H,2H2,1H3,(H2,16,17);1H. The fourth-order valence-electron chi connectivity index (χ4n) is 2.24. The van der Waals surface area contributed by atoms with Gasteiger partial charge in [0.1, 0.15) is 11.4 Å². The van der Waals surface area contributed by atoms with Crippen LogP contribution in [0.5, 0.6) is 0 Å². The smallest absolute Gasteiger partial charge is 0.141 e. The van der Waals surface area contributed by atoms with Crippen molar-refractivity contribution in [2.75, 3.05) is 5.73 Å². The highest BCUT2D eigenvalue weighted by atomic mass is 35.5. The maximum Gasteiger partial charge on any atom is 0.141 e. The van der Waals surface area contributed by atoms with Crippen LogP contribution in [0, 0.1) is 0 Å². The van der Waals surface area contributed by atoms with Crippen LogP contribution >= 0.6 is 12.4 Å². The Bertz CT molecular complexity index is 706. The normalized spacial score (nSPS) is 10.4. The van der Waals surface area contributed by atoms with E-state index in [0.29, 0.717) is 5.82 Å². The van der Waals surface area contributed by atoms with Crippen LogP contribution < -0.4 is 5.73 Å². The summed E-state index contributed by atoms with van der Waals surface area (Å²) >= 11 is 0. The number of fused-ring (bicyclic) bond motifs is 1. The highest BCUT2D eigenvalue weighted by Crippen LogP contribution is 2.31. The molecule has 2 aromatic heterocycles. The first-order valence-corrected chi connectivity index (χ1v) is 6.01. The van der Waals surface area contributed by atoms with Gasteiger partial charge in [-0.05, 0) is 24.6 Å². The third-order valence-electron chi connectivity index (χ3n) is 3.10. The minimum Gasteiger partial charge on any atom is -0.464 e. The average Bonchev–Trinajstić information content (AvgIpc) is 2.86. The number of anilines is 1. The third kappa shape index (κ3) is 2.29. The molecule has 4 heteroatoms. The van der Waals surface area contributed by atoms with Crippen LogP contribution in [0.3, 0.4) is 0 Å². The molecule has 98 valence electrons. The molecule has 0 aliphatic carbocycles. The Kier molecular flexibility index (Phi) is 3.76. The number of nitrogens with two attached hydrogens (primary N) is 1. The Morgan fingerprint density at radius 2 is 1.95 bits per heavy atom. The predicted octanol–water partition coefficient (Wildman–Crippen LogP) is 4.06. The van der Waals surface area contributed by atoms with Gasteiger partial charge in [0.25, 0.3) is 0 Å². The van der Waals surface area contributed by atoms with Crippen molar-refractivity contribution in [2.24, 2.45) is 0 Å². The third-order valence-corrected chi connectivity index (χ3v) is 3.10. The summed E-state index contributed by atoms with van der Waals surface area (Å²) in [4.78, 5) is 4.40. The number of aromatic nitrogens is 1. The van der Waals surface area contributed by atoms with Crippen LogP contribution in [0.15, 0.2) is 47.1 Å². The summed E-state index contributed by atoms with van der Waals surface area (Å²) in [5.74, 6) is 0.558. The highest BCUT2D eigenvalue weighted by molar-refractivity contribution is 5.93. The molecule has 3 nitrogen and oxygen atoms in total. The number of hydrogen-bond donors (Lipinski definition) is 1. The number of pyridine rings is 1. The summed E-state index contributed by atoms with van der Waals surface area (Å²) in [6.07, 6.45) is 2.56. The Labute approximate surface area is 117 Å². The van der Waals surface area contributed by atoms with Crippen LogP contribution in [0.4, 0.5) is 5.82 Å². The summed E-state index contributed by atoms with van der Waals surface area (Å²) in [6, 6.07) is 11.9. The monoisotopic (exact) mass is 274 g/mol. The summed E-state index contributed by atoms with van der Waals surface area (Å²) in [5, 5.41) is 1.10. The Morgan fingerprint density at radius 3 is 2.74 bits per heavy atom. The zero-order chi connectivity index (χ0) is 12.5. The molecule has 3 rings (SSSR count). The maximum atomic E-state index is 5.74. The van der Waals surface area contributed by atoms with Gasteiger partial charge >= 0.3 is 0 Å². The second-order valence-corrected chi connectivity index (χ2v) is 4.23. The number of aryl methyl sites for hydroxylation is 1. The molecule has 0 amide bonds. The molecule has 2 heterocycles. The molecule has 0 unspecified atom stereocenters. The molecule has 0 saturated carbocycles. The first-order valence-electron chi connectivity index (χ1n) is 6.01. The van der Waals surface area contributed by atoms with Crippen molar-refractivity contribution < 1.29 is 4.42 Å². The lowest BCUT2D eigenvalue weighted by molar-refractivity contribution is 0.617. The summed E-state index contributed by atoms with van der Waals surface area (Å²) in [5.41, 5.74) is 9.80. The van der Waals surface area contributed by atoms with E-state index in [1.54, 1.807) is 6.26 Å². The molecule has 0 atom stereocenters. The molecule has 2 N–H and O–H groups in total. The summed E-state index contributed by atoms with van der Waals surface area (Å²) in [6.45, 7) is 2.08. The van der Waals surface area contributed by atoms with E-state index in [-0.39, 0.29) is 12.4 Å². The number of furan rings is 1. The molecule has 0 fully saturated rings. The van der Waals surface area contributed by atoms with Gasteiger partial charge in [-0.3, -0.25) is 0 Å². The van der Waals surface area contributed by atoms with Crippen molar-refractivity contribution in [3.63, 3.8) is 0 Å². The van der Waals surface area contributed by atoms with Crippen molar-refractivity contribution in [3.8, 4) is 11.1 Å². The number of benzene rings is 1. The largest absolute Gasteiger partial charge is 0.464 e. The molecule has 0 radical (unpaired) electrons. The second-order valence-electron chi connectivity index (χ2n) is 4.23. The fourth-order valence-corrected chi connectivity index (χ4v) is 2.24. The van der Waals surface area contributed by atoms with E-state index in [9.17, 15) is 0 Å². The number of rotatable bonds is 2. The van der Waals surface area contributed by atoms with Gasteiger partial charge in [-0.25, -0.2) is 4.98 Å². The molecule has 3 aromatic rings. The van der Waals surface area contributed by atoms with Gasteiger partial charge in [0.2, 0.25) is 0 Å². The van der Waals surface area contributed by atoms with E-state index in [1.807, 2.05) is 30.3 Å². The number of halogens is 1. The lowest BCUT2D eigenvalue weighted by atomic mass is 10.0. The van der Waals surface area contributed by atoms with E-state index in [0.717, 1.165) is 34.2 Å². The van der Waals surface area contributed by atoms with E-state index < -0.39 is 0 Å². The van der Waals surface area contributed by atoms with Gasteiger partial charge in [-0.1, -0.05) is 25.1 Å². The van der Waals surface area contributed by atoms with Crippen LogP contribution in [-0.4, -0.2) is 4.98 Å². The molecular formula is C15H15ClN2O. The summed E-state index contributed by atoms with van der Waals surface area (Å²) < 4.78 is 5.57. The molecule has 0 spiro atoms. The molecule has 1 aromatic carbocycles. The number of para-hydroxylation sites is 1. The van der Waals surface area contributed by atoms with Crippen molar-refractivity contribution in [3.05, 3.63) is 48.4 Å². The molecular weight excluding hydrogens is 260 g/mol. The van der Waals surface area contributed by atoms with Crippen molar-refractivity contribution >= 4 is 29.2 Å².